The van der Waals surface area contributed by atoms with Crippen LogP contribution in [0.5, 0.6) is 0 Å². The van der Waals surface area contributed by atoms with Gasteiger partial charge in [-0.05, 0) is 12.3 Å². The van der Waals surface area contributed by atoms with Crippen LogP contribution in [0.25, 0.3) is 0 Å². The first-order valence-corrected chi connectivity index (χ1v) is 5.41. The number of carbonyl (C=O) groups is 1. The Morgan fingerprint density at radius 3 is 2.54 bits per heavy atom. The summed E-state index contributed by atoms with van der Waals surface area (Å²) in [5, 5.41) is 2.81. The minimum Gasteiger partial charge on any atom is -0.356 e. The van der Waals surface area contributed by atoms with Gasteiger partial charge in [0.25, 0.3) is 0 Å². The van der Waals surface area contributed by atoms with Crippen molar-refractivity contribution in [3.05, 3.63) is 0 Å². The Balaban J connectivity index is 3.04. The van der Waals surface area contributed by atoms with Crippen LogP contribution in [0.15, 0.2) is 0 Å². The molecule has 2 nitrogen and oxygen atoms in total. The molecule has 0 radical (unpaired) electrons. The summed E-state index contributed by atoms with van der Waals surface area (Å²) in [6.07, 6.45) is 6.28. The lowest BCUT2D eigenvalue weighted by Gasteiger charge is -2.07. The lowest BCUT2D eigenvalue weighted by Crippen LogP contribution is -2.20. The first-order valence-electron chi connectivity index (χ1n) is 5.41. The number of amides is 1. The van der Waals surface area contributed by atoms with Crippen molar-refractivity contribution in [2.24, 2.45) is 5.92 Å². The van der Waals surface area contributed by atoms with Gasteiger partial charge in [0.05, 0.1) is 0 Å². The summed E-state index contributed by atoms with van der Waals surface area (Å²) >= 11 is 0. The maximum Gasteiger partial charge on any atom is 0.216 e. The van der Waals surface area contributed by atoms with E-state index in [4.69, 9.17) is 0 Å². The SMILES string of the molecule is CCC(C)CCCCCNC(C)=O. The van der Waals surface area contributed by atoms with E-state index in [0.29, 0.717) is 0 Å². The molecule has 2 heteroatoms. The molecule has 1 amide bonds. The maximum atomic E-state index is 10.5. The van der Waals surface area contributed by atoms with Crippen LogP contribution in [0.2, 0.25) is 0 Å². The molecular weight excluding hydrogens is 162 g/mol. The predicted molar refractivity (Wildman–Crippen MR) is 56.6 cm³/mol. The van der Waals surface area contributed by atoms with E-state index < -0.39 is 0 Å². The van der Waals surface area contributed by atoms with Gasteiger partial charge < -0.3 is 5.32 Å². The highest BCUT2D eigenvalue weighted by molar-refractivity contribution is 5.72. The second kappa shape index (κ2) is 8.09. The number of hydrogen-bond donors (Lipinski definition) is 1. The molecule has 0 aliphatic carbocycles. The minimum atomic E-state index is 0.0851. The summed E-state index contributed by atoms with van der Waals surface area (Å²) in [6, 6.07) is 0. The molecule has 0 saturated carbocycles. The summed E-state index contributed by atoms with van der Waals surface area (Å²) in [4.78, 5) is 10.5. The number of nitrogens with one attached hydrogen (secondary N) is 1. The third-order valence-electron chi connectivity index (χ3n) is 2.44. The zero-order chi connectivity index (χ0) is 10.1. The zero-order valence-electron chi connectivity index (χ0n) is 9.23. The second-order valence-electron chi connectivity index (χ2n) is 3.85. The van der Waals surface area contributed by atoms with Crippen molar-refractivity contribution in [1.29, 1.82) is 0 Å². The molecule has 1 unspecified atom stereocenters. The fourth-order valence-electron chi connectivity index (χ4n) is 1.26. The molecule has 78 valence electrons. The molecule has 0 bridgehead atoms. The van der Waals surface area contributed by atoms with Gasteiger partial charge in [-0.3, -0.25) is 4.79 Å². The monoisotopic (exact) mass is 185 g/mol. The molecular formula is C11H23NO. The number of unbranched alkanes of at least 4 members (excludes halogenated alkanes) is 2. The molecule has 0 saturated heterocycles. The zero-order valence-corrected chi connectivity index (χ0v) is 9.23. The fourth-order valence-corrected chi connectivity index (χ4v) is 1.26. The van der Waals surface area contributed by atoms with Crippen molar-refractivity contribution >= 4 is 5.91 Å². The normalized spacial score (nSPS) is 12.5. The van der Waals surface area contributed by atoms with Crippen LogP contribution in [-0.2, 0) is 4.79 Å². The third kappa shape index (κ3) is 9.38. The maximum absolute atomic E-state index is 10.5. The minimum absolute atomic E-state index is 0.0851. The summed E-state index contributed by atoms with van der Waals surface area (Å²) in [6.45, 7) is 6.95. The quantitative estimate of drug-likeness (QED) is 0.607. The average molecular weight is 185 g/mol. The van der Waals surface area contributed by atoms with Gasteiger partial charge in [0, 0.05) is 13.5 Å². The first-order chi connectivity index (χ1) is 6.16. The van der Waals surface area contributed by atoms with Crippen LogP contribution < -0.4 is 5.32 Å². The van der Waals surface area contributed by atoms with E-state index >= 15 is 0 Å². The molecule has 0 aromatic carbocycles. The van der Waals surface area contributed by atoms with Gasteiger partial charge in [-0.2, -0.15) is 0 Å². The van der Waals surface area contributed by atoms with Crippen LogP contribution in [0.4, 0.5) is 0 Å². The van der Waals surface area contributed by atoms with Crippen LogP contribution >= 0.6 is 0 Å². The third-order valence-corrected chi connectivity index (χ3v) is 2.44. The van der Waals surface area contributed by atoms with E-state index in [-0.39, 0.29) is 5.91 Å². The lowest BCUT2D eigenvalue weighted by molar-refractivity contribution is -0.118. The topological polar surface area (TPSA) is 29.1 Å². The Labute approximate surface area is 82.1 Å². The van der Waals surface area contributed by atoms with Crippen LogP contribution in [0.3, 0.4) is 0 Å². The first kappa shape index (κ1) is 12.5. The van der Waals surface area contributed by atoms with E-state index in [1.165, 1.54) is 25.7 Å². The molecule has 0 aliphatic heterocycles. The predicted octanol–water partition coefficient (Wildman–Crippen LogP) is 2.73. The fraction of sp³-hybridized carbons (Fsp3) is 0.909. The molecule has 13 heavy (non-hydrogen) atoms. The molecule has 1 atom stereocenters. The van der Waals surface area contributed by atoms with Crippen molar-refractivity contribution in [1.82, 2.24) is 5.32 Å². The number of rotatable bonds is 7. The Bertz CT molecular complexity index is 134. The average Bonchev–Trinajstić information content (AvgIpc) is 2.10. The standard InChI is InChI=1S/C11H23NO/c1-4-10(2)8-6-5-7-9-12-11(3)13/h10H,4-9H2,1-3H3,(H,12,13). The van der Waals surface area contributed by atoms with Crippen molar-refractivity contribution in [2.45, 2.75) is 52.9 Å². The van der Waals surface area contributed by atoms with Gasteiger partial charge in [0.2, 0.25) is 5.91 Å². The van der Waals surface area contributed by atoms with Gasteiger partial charge in [-0.25, -0.2) is 0 Å². The Morgan fingerprint density at radius 1 is 1.31 bits per heavy atom. The highest BCUT2D eigenvalue weighted by atomic mass is 16.1. The molecule has 0 aromatic rings. The summed E-state index contributed by atoms with van der Waals surface area (Å²) < 4.78 is 0. The summed E-state index contributed by atoms with van der Waals surface area (Å²) in [5.74, 6) is 0.947. The van der Waals surface area contributed by atoms with Crippen molar-refractivity contribution < 1.29 is 4.79 Å². The Hall–Kier alpha value is -0.530. The molecule has 1 N–H and O–H groups in total. The number of hydrogen-bond acceptors (Lipinski definition) is 1. The highest BCUT2D eigenvalue weighted by Crippen LogP contribution is 2.11. The lowest BCUT2D eigenvalue weighted by atomic mass is 10.0. The van der Waals surface area contributed by atoms with Crippen molar-refractivity contribution in [3.8, 4) is 0 Å². The second-order valence-corrected chi connectivity index (χ2v) is 3.85. The van der Waals surface area contributed by atoms with E-state index in [0.717, 1.165) is 18.9 Å². The molecule has 0 aliphatic rings. The smallest absolute Gasteiger partial charge is 0.216 e. The van der Waals surface area contributed by atoms with Crippen molar-refractivity contribution in [2.75, 3.05) is 6.54 Å². The van der Waals surface area contributed by atoms with Crippen molar-refractivity contribution in [3.63, 3.8) is 0 Å². The Morgan fingerprint density at radius 2 is 2.00 bits per heavy atom. The Kier molecular flexibility index (Phi) is 7.76. The molecule has 0 heterocycles. The largest absolute Gasteiger partial charge is 0.356 e. The van der Waals surface area contributed by atoms with Gasteiger partial charge >= 0.3 is 0 Å². The molecule has 0 aromatic heterocycles. The summed E-state index contributed by atoms with van der Waals surface area (Å²) in [7, 11) is 0. The van der Waals surface area contributed by atoms with Gasteiger partial charge in [0.15, 0.2) is 0 Å². The molecule has 0 fully saturated rings. The van der Waals surface area contributed by atoms with Crippen LogP contribution in [0, 0.1) is 5.92 Å². The van der Waals surface area contributed by atoms with E-state index in [1.54, 1.807) is 6.92 Å². The van der Waals surface area contributed by atoms with Gasteiger partial charge in [-0.15, -0.1) is 0 Å². The van der Waals surface area contributed by atoms with Crippen LogP contribution in [0.1, 0.15) is 52.9 Å². The summed E-state index contributed by atoms with van der Waals surface area (Å²) in [5.41, 5.74) is 0. The van der Waals surface area contributed by atoms with Gasteiger partial charge in [-0.1, -0.05) is 39.5 Å². The molecule has 0 rings (SSSR count). The van der Waals surface area contributed by atoms with Gasteiger partial charge in [0.1, 0.15) is 0 Å². The highest BCUT2D eigenvalue weighted by Gasteiger charge is 1.97. The number of carbonyl (C=O) groups excluding carboxylic acids is 1. The van der Waals surface area contributed by atoms with E-state index in [2.05, 4.69) is 19.2 Å². The van der Waals surface area contributed by atoms with E-state index in [9.17, 15) is 4.79 Å². The van der Waals surface area contributed by atoms with E-state index in [1.807, 2.05) is 0 Å². The van der Waals surface area contributed by atoms with Crippen LogP contribution in [-0.4, -0.2) is 12.5 Å². The molecule has 0 spiro atoms.